The van der Waals surface area contributed by atoms with Crippen molar-refractivity contribution in [1.82, 2.24) is 25.1 Å². The van der Waals surface area contributed by atoms with Gasteiger partial charge in [0.1, 0.15) is 5.82 Å². The van der Waals surface area contributed by atoms with E-state index >= 15 is 0 Å². The number of hydrogen-bond acceptors (Lipinski definition) is 3. The fourth-order valence-electron chi connectivity index (χ4n) is 3.24. The van der Waals surface area contributed by atoms with Crippen molar-refractivity contribution in [3.63, 3.8) is 0 Å². The second kappa shape index (κ2) is 6.55. The van der Waals surface area contributed by atoms with Gasteiger partial charge in [0.25, 0.3) is 5.91 Å². The van der Waals surface area contributed by atoms with E-state index in [1.165, 1.54) is 0 Å². The SMILES string of the molecule is CCCc1cnc(-c2cnn(Cc3ccc4c(c3)CCNC4=O)c2)[nH]1. The van der Waals surface area contributed by atoms with Crippen LogP contribution in [0.3, 0.4) is 0 Å². The van der Waals surface area contributed by atoms with E-state index in [9.17, 15) is 4.79 Å². The van der Waals surface area contributed by atoms with Crippen molar-refractivity contribution in [3.05, 3.63) is 59.2 Å². The molecule has 4 rings (SSSR count). The molecule has 0 atom stereocenters. The third-order valence-corrected chi connectivity index (χ3v) is 4.49. The van der Waals surface area contributed by atoms with Crippen LogP contribution < -0.4 is 5.32 Å². The standard InChI is InChI=1S/C19H21N5O/c1-2-3-16-10-21-18(23-16)15-9-22-24(12-15)11-13-4-5-17-14(8-13)6-7-20-19(17)25/h4-5,8-10,12H,2-3,6-7,11H2,1H3,(H,20,25)(H,21,23). The number of nitrogens with one attached hydrogen (secondary N) is 2. The van der Waals surface area contributed by atoms with Crippen molar-refractivity contribution >= 4 is 5.91 Å². The number of amides is 1. The molecule has 0 unspecified atom stereocenters. The number of fused-ring (bicyclic) bond motifs is 1. The first kappa shape index (κ1) is 15.6. The summed E-state index contributed by atoms with van der Waals surface area (Å²) in [7, 11) is 0. The van der Waals surface area contributed by atoms with Crippen LogP contribution in [0.1, 0.15) is 40.5 Å². The lowest BCUT2D eigenvalue weighted by atomic mass is 9.98. The number of hydrogen-bond donors (Lipinski definition) is 2. The molecule has 1 amide bonds. The number of nitrogens with zero attached hydrogens (tertiary/aromatic N) is 3. The van der Waals surface area contributed by atoms with Crippen LogP contribution in [0.25, 0.3) is 11.4 Å². The van der Waals surface area contributed by atoms with Gasteiger partial charge in [0, 0.05) is 30.2 Å². The maximum Gasteiger partial charge on any atom is 0.251 e. The number of imidazole rings is 1. The summed E-state index contributed by atoms with van der Waals surface area (Å²) < 4.78 is 1.90. The molecule has 0 radical (unpaired) electrons. The Kier molecular flexibility index (Phi) is 4.09. The van der Waals surface area contributed by atoms with Crippen LogP contribution in [-0.2, 0) is 19.4 Å². The largest absolute Gasteiger partial charge is 0.352 e. The highest BCUT2D eigenvalue weighted by Crippen LogP contribution is 2.19. The summed E-state index contributed by atoms with van der Waals surface area (Å²) >= 11 is 0. The zero-order valence-corrected chi connectivity index (χ0v) is 14.2. The molecule has 1 aromatic carbocycles. The summed E-state index contributed by atoms with van der Waals surface area (Å²) in [6.07, 6.45) is 8.71. The maximum absolute atomic E-state index is 11.8. The lowest BCUT2D eigenvalue weighted by Crippen LogP contribution is -2.31. The number of benzene rings is 1. The Hall–Kier alpha value is -2.89. The fraction of sp³-hybridized carbons (Fsp3) is 0.316. The topological polar surface area (TPSA) is 75.6 Å². The average molecular weight is 335 g/mol. The molecular weight excluding hydrogens is 314 g/mol. The number of carbonyl (C=O) groups excluding carboxylic acids is 1. The third-order valence-electron chi connectivity index (χ3n) is 4.49. The van der Waals surface area contributed by atoms with Crippen LogP contribution in [0.4, 0.5) is 0 Å². The first-order valence-electron chi connectivity index (χ1n) is 8.69. The van der Waals surface area contributed by atoms with Crippen LogP contribution in [0.5, 0.6) is 0 Å². The van der Waals surface area contributed by atoms with Gasteiger partial charge >= 0.3 is 0 Å². The molecule has 0 aliphatic carbocycles. The molecule has 0 bridgehead atoms. The van der Waals surface area contributed by atoms with E-state index in [1.54, 1.807) is 0 Å². The zero-order valence-electron chi connectivity index (χ0n) is 14.2. The van der Waals surface area contributed by atoms with Crippen LogP contribution in [0.2, 0.25) is 0 Å². The summed E-state index contributed by atoms with van der Waals surface area (Å²) in [6.45, 7) is 3.54. The van der Waals surface area contributed by atoms with Crippen molar-refractivity contribution in [2.24, 2.45) is 0 Å². The Labute approximate surface area is 146 Å². The Morgan fingerprint density at radius 2 is 2.20 bits per heavy atom. The molecule has 0 saturated heterocycles. The van der Waals surface area contributed by atoms with Crippen LogP contribution in [0, 0.1) is 0 Å². The molecule has 0 fully saturated rings. The summed E-state index contributed by atoms with van der Waals surface area (Å²) in [6, 6.07) is 6.02. The molecule has 0 spiro atoms. The third kappa shape index (κ3) is 3.20. The summed E-state index contributed by atoms with van der Waals surface area (Å²) in [5.74, 6) is 0.881. The number of H-pyrrole nitrogens is 1. The monoisotopic (exact) mass is 335 g/mol. The molecule has 6 nitrogen and oxygen atoms in total. The molecule has 0 saturated carbocycles. The molecule has 3 heterocycles. The fourth-order valence-corrected chi connectivity index (χ4v) is 3.24. The van der Waals surface area contributed by atoms with Gasteiger partial charge in [-0.1, -0.05) is 25.5 Å². The Balaban J connectivity index is 1.52. The molecule has 25 heavy (non-hydrogen) atoms. The first-order valence-corrected chi connectivity index (χ1v) is 8.69. The number of aromatic amines is 1. The lowest BCUT2D eigenvalue weighted by Gasteiger charge is -2.17. The van der Waals surface area contributed by atoms with Gasteiger partial charge in [-0.05, 0) is 30.0 Å². The van der Waals surface area contributed by atoms with Gasteiger partial charge < -0.3 is 10.3 Å². The minimum Gasteiger partial charge on any atom is -0.352 e. The lowest BCUT2D eigenvalue weighted by molar-refractivity contribution is 0.0946. The number of rotatable bonds is 5. The Bertz CT molecular complexity index is 908. The van der Waals surface area contributed by atoms with Crippen molar-refractivity contribution in [2.45, 2.75) is 32.7 Å². The van der Waals surface area contributed by atoms with Gasteiger partial charge in [0.2, 0.25) is 0 Å². The van der Waals surface area contributed by atoms with E-state index in [-0.39, 0.29) is 5.91 Å². The van der Waals surface area contributed by atoms with Crippen molar-refractivity contribution in [1.29, 1.82) is 0 Å². The zero-order chi connectivity index (χ0) is 17.2. The van der Waals surface area contributed by atoms with Crippen molar-refractivity contribution in [2.75, 3.05) is 6.54 Å². The van der Waals surface area contributed by atoms with E-state index in [1.807, 2.05) is 35.4 Å². The maximum atomic E-state index is 11.8. The minimum absolute atomic E-state index is 0.0230. The smallest absolute Gasteiger partial charge is 0.251 e. The van der Waals surface area contributed by atoms with Crippen LogP contribution >= 0.6 is 0 Å². The highest BCUT2D eigenvalue weighted by molar-refractivity contribution is 5.96. The van der Waals surface area contributed by atoms with Gasteiger partial charge in [0.05, 0.1) is 18.3 Å². The highest BCUT2D eigenvalue weighted by Gasteiger charge is 2.16. The molecule has 6 heteroatoms. The number of carbonyl (C=O) groups is 1. The predicted molar refractivity (Wildman–Crippen MR) is 95.4 cm³/mol. The van der Waals surface area contributed by atoms with Crippen molar-refractivity contribution < 1.29 is 4.79 Å². The Morgan fingerprint density at radius 1 is 1.28 bits per heavy atom. The quantitative estimate of drug-likeness (QED) is 0.752. The minimum atomic E-state index is 0.0230. The number of aromatic nitrogens is 4. The summed E-state index contributed by atoms with van der Waals surface area (Å²) in [4.78, 5) is 19.6. The van der Waals surface area contributed by atoms with E-state index in [2.05, 4.69) is 33.4 Å². The van der Waals surface area contributed by atoms with Crippen molar-refractivity contribution in [3.8, 4) is 11.4 Å². The van der Waals surface area contributed by atoms with E-state index in [0.29, 0.717) is 13.1 Å². The molecule has 2 aromatic heterocycles. The van der Waals surface area contributed by atoms with E-state index in [0.717, 1.165) is 53.0 Å². The van der Waals surface area contributed by atoms with E-state index < -0.39 is 0 Å². The second-order valence-electron chi connectivity index (χ2n) is 6.43. The summed E-state index contributed by atoms with van der Waals surface area (Å²) in [5, 5.41) is 7.32. The molecule has 3 aromatic rings. The molecule has 1 aliphatic heterocycles. The van der Waals surface area contributed by atoms with Gasteiger partial charge in [-0.15, -0.1) is 0 Å². The normalized spacial score (nSPS) is 13.6. The van der Waals surface area contributed by atoms with Gasteiger partial charge in [-0.3, -0.25) is 9.48 Å². The predicted octanol–water partition coefficient (Wildman–Crippen LogP) is 2.56. The Morgan fingerprint density at radius 3 is 3.08 bits per heavy atom. The first-order chi connectivity index (χ1) is 12.2. The van der Waals surface area contributed by atoms with Gasteiger partial charge in [-0.25, -0.2) is 4.98 Å². The molecular formula is C19H21N5O. The molecule has 2 N–H and O–H groups in total. The van der Waals surface area contributed by atoms with Gasteiger partial charge in [0.15, 0.2) is 0 Å². The second-order valence-corrected chi connectivity index (χ2v) is 6.43. The number of aryl methyl sites for hydroxylation is 1. The van der Waals surface area contributed by atoms with Crippen LogP contribution in [-0.4, -0.2) is 32.2 Å². The molecule has 1 aliphatic rings. The highest BCUT2D eigenvalue weighted by atomic mass is 16.1. The van der Waals surface area contributed by atoms with Crippen LogP contribution in [0.15, 0.2) is 36.8 Å². The average Bonchev–Trinajstić information content (AvgIpc) is 3.25. The van der Waals surface area contributed by atoms with E-state index in [4.69, 9.17) is 0 Å². The molecule has 128 valence electrons. The summed E-state index contributed by atoms with van der Waals surface area (Å²) in [5.41, 5.74) is 5.19. The van der Waals surface area contributed by atoms with Gasteiger partial charge in [-0.2, -0.15) is 5.10 Å².